The average molecular weight is 210 g/mol. The molecule has 1 aromatic rings. The number of hydrogen-bond donors (Lipinski definition) is 2. The zero-order valence-electron chi connectivity index (χ0n) is 9.66. The van der Waals surface area contributed by atoms with Crippen molar-refractivity contribution < 1.29 is 0 Å². The van der Waals surface area contributed by atoms with Crippen molar-refractivity contribution in [1.82, 2.24) is 9.97 Å². The minimum absolute atomic E-state index is 0.142. The van der Waals surface area contributed by atoms with Crippen LogP contribution in [0.4, 0.5) is 5.82 Å². The van der Waals surface area contributed by atoms with E-state index in [-0.39, 0.29) is 11.1 Å². The standard InChI is InChI=1S/C10H18N4O/c1-7-12-8(5-9(15)13-7)14(4)10(2,3)6-11/h5H,6,11H2,1-4H3,(H,12,13,15). The van der Waals surface area contributed by atoms with Crippen LogP contribution in [0.1, 0.15) is 19.7 Å². The number of likely N-dealkylation sites (N-methyl/N-ethyl adjacent to an activating group) is 1. The maximum absolute atomic E-state index is 11.3. The van der Waals surface area contributed by atoms with Crippen LogP contribution in [0.25, 0.3) is 0 Å². The number of aryl methyl sites for hydroxylation is 1. The van der Waals surface area contributed by atoms with Crippen molar-refractivity contribution in [2.24, 2.45) is 5.73 Å². The Balaban J connectivity index is 3.11. The Morgan fingerprint density at radius 2 is 2.20 bits per heavy atom. The number of hydrogen-bond acceptors (Lipinski definition) is 4. The molecular formula is C10H18N4O. The van der Waals surface area contributed by atoms with Crippen LogP contribution in [0, 0.1) is 6.92 Å². The van der Waals surface area contributed by atoms with Gasteiger partial charge in [0.15, 0.2) is 0 Å². The molecule has 1 heterocycles. The average Bonchev–Trinajstić information content (AvgIpc) is 2.15. The van der Waals surface area contributed by atoms with Gasteiger partial charge in [-0.1, -0.05) is 0 Å². The molecule has 0 saturated heterocycles. The van der Waals surface area contributed by atoms with E-state index in [4.69, 9.17) is 5.73 Å². The Morgan fingerprint density at radius 3 is 2.67 bits per heavy atom. The van der Waals surface area contributed by atoms with Gasteiger partial charge in [0.05, 0.1) is 0 Å². The van der Waals surface area contributed by atoms with Crippen molar-refractivity contribution in [2.75, 3.05) is 18.5 Å². The SMILES string of the molecule is Cc1nc(N(C)C(C)(C)CN)cc(=O)[nH]1. The van der Waals surface area contributed by atoms with Crippen LogP contribution in [-0.4, -0.2) is 29.1 Å². The van der Waals surface area contributed by atoms with E-state index < -0.39 is 0 Å². The molecule has 5 heteroatoms. The van der Waals surface area contributed by atoms with E-state index in [0.29, 0.717) is 18.2 Å². The van der Waals surface area contributed by atoms with Gasteiger partial charge in [-0.05, 0) is 20.8 Å². The van der Waals surface area contributed by atoms with Crippen molar-refractivity contribution in [3.63, 3.8) is 0 Å². The number of nitrogens with zero attached hydrogens (tertiary/aromatic N) is 2. The van der Waals surface area contributed by atoms with E-state index in [2.05, 4.69) is 9.97 Å². The van der Waals surface area contributed by atoms with Gasteiger partial charge >= 0.3 is 0 Å². The van der Waals surface area contributed by atoms with Gasteiger partial charge in [0.2, 0.25) is 0 Å². The predicted octanol–water partition coefficient (Wildman–Crippen LogP) is 0.252. The minimum atomic E-state index is -0.215. The summed E-state index contributed by atoms with van der Waals surface area (Å²) in [5.74, 6) is 1.25. The summed E-state index contributed by atoms with van der Waals surface area (Å²) >= 11 is 0. The first-order chi connectivity index (χ1) is 6.86. The highest BCUT2D eigenvalue weighted by molar-refractivity contribution is 5.39. The molecule has 5 nitrogen and oxygen atoms in total. The van der Waals surface area contributed by atoms with Crippen LogP contribution < -0.4 is 16.2 Å². The zero-order valence-corrected chi connectivity index (χ0v) is 9.66. The van der Waals surface area contributed by atoms with Crippen LogP contribution in [-0.2, 0) is 0 Å². The molecular weight excluding hydrogens is 192 g/mol. The van der Waals surface area contributed by atoms with Gasteiger partial charge < -0.3 is 15.6 Å². The number of nitrogens with one attached hydrogen (secondary N) is 1. The Hall–Kier alpha value is -1.36. The van der Waals surface area contributed by atoms with Gasteiger partial charge in [-0.15, -0.1) is 0 Å². The molecule has 0 fully saturated rings. The summed E-state index contributed by atoms with van der Waals surface area (Å²) in [6, 6.07) is 1.48. The van der Waals surface area contributed by atoms with E-state index >= 15 is 0 Å². The molecule has 3 N–H and O–H groups in total. The summed E-state index contributed by atoms with van der Waals surface area (Å²) in [6.07, 6.45) is 0. The molecule has 0 aliphatic carbocycles. The maximum atomic E-state index is 11.3. The monoisotopic (exact) mass is 210 g/mol. The molecule has 0 unspecified atom stereocenters. The van der Waals surface area contributed by atoms with E-state index in [1.165, 1.54) is 6.07 Å². The van der Waals surface area contributed by atoms with E-state index in [0.717, 1.165) is 0 Å². The molecule has 84 valence electrons. The minimum Gasteiger partial charge on any atom is -0.353 e. The normalized spacial score (nSPS) is 11.5. The molecule has 15 heavy (non-hydrogen) atoms. The van der Waals surface area contributed by atoms with Gasteiger partial charge in [-0.2, -0.15) is 0 Å². The second-order valence-electron chi connectivity index (χ2n) is 4.26. The second kappa shape index (κ2) is 4.02. The first-order valence-corrected chi connectivity index (χ1v) is 4.88. The highest BCUT2D eigenvalue weighted by Crippen LogP contribution is 2.17. The number of rotatable bonds is 3. The third kappa shape index (κ3) is 2.56. The Labute approximate surface area is 89.3 Å². The van der Waals surface area contributed by atoms with E-state index in [9.17, 15) is 4.79 Å². The molecule has 1 aromatic heterocycles. The van der Waals surface area contributed by atoms with Crippen molar-refractivity contribution in [3.8, 4) is 0 Å². The quantitative estimate of drug-likeness (QED) is 0.750. The van der Waals surface area contributed by atoms with E-state index in [1.807, 2.05) is 25.8 Å². The summed E-state index contributed by atoms with van der Waals surface area (Å²) in [7, 11) is 1.88. The Kier molecular flexibility index (Phi) is 3.14. The predicted molar refractivity (Wildman–Crippen MR) is 61.1 cm³/mol. The summed E-state index contributed by atoms with van der Waals surface area (Å²) in [5, 5.41) is 0. The molecule has 0 aliphatic rings. The van der Waals surface area contributed by atoms with Gasteiger partial charge in [-0.3, -0.25) is 4.79 Å². The molecule has 0 radical (unpaired) electrons. The number of aromatic nitrogens is 2. The first-order valence-electron chi connectivity index (χ1n) is 4.88. The smallest absolute Gasteiger partial charge is 0.252 e. The lowest BCUT2D eigenvalue weighted by atomic mass is 10.0. The Morgan fingerprint density at radius 1 is 1.60 bits per heavy atom. The molecule has 0 saturated carbocycles. The number of nitrogens with two attached hydrogens (primary N) is 1. The summed E-state index contributed by atoms with van der Waals surface area (Å²) < 4.78 is 0. The van der Waals surface area contributed by atoms with Crippen LogP contribution in [0.5, 0.6) is 0 Å². The number of anilines is 1. The van der Waals surface area contributed by atoms with Crippen LogP contribution in [0.15, 0.2) is 10.9 Å². The van der Waals surface area contributed by atoms with Crippen LogP contribution >= 0.6 is 0 Å². The summed E-state index contributed by atoms with van der Waals surface area (Å²) in [6.45, 7) is 6.27. The first kappa shape index (κ1) is 11.7. The largest absolute Gasteiger partial charge is 0.353 e. The molecule has 0 atom stereocenters. The lowest BCUT2D eigenvalue weighted by molar-refractivity contribution is 0.494. The highest BCUT2D eigenvalue weighted by atomic mass is 16.1. The van der Waals surface area contributed by atoms with Crippen molar-refractivity contribution >= 4 is 5.82 Å². The topological polar surface area (TPSA) is 75.0 Å². The van der Waals surface area contributed by atoms with Gasteiger partial charge in [0.25, 0.3) is 5.56 Å². The van der Waals surface area contributed by atoms with E-state index in [1.54, 1.807) is 6.92 Å². The third-order valence-corrected chi connectivity index (χ3v) is 2.60. The fourth-order valence-electron chi connectivity index (χ4n) is 1.18. The summed E-state index contributed by atoms with van der Waals surface area (Å²) in [4.78, 5) is 20.1. The van der Waals surface area contributed by atoms with Crippen LogP contribution in [0.2, 0.25) is 0 Å². The lowest BCUT2D eigenvalue weighted by Gasteiger charge is -2.35. The molecule has 1 rings (SSSR count). The van der Waals surface area contributed by atoms with Crippen molar-refractivity contribution in [2.45, 2.75) is 26.3 Å². The fraction of sp³-hybridized carbons (Fsp3) is 0.600. The summed E-state index contributed by atoms with van der Waals surface area (Å²) in [5.41, 5.74) is 5.31. The fourth-order valence-corrected chi connectivity index (χ4v) is 1.18. The highest BCUT2D eigenvalue weighted by Gasteiger charge is 2.23. The van der Waals surface area contributed by atoms with Gasteiger partial charge in [0, 0.05) is 25.2 Å². The Bertz CT molecular complexity index is 397. The second-order valence-corrected chi connectivity index (χ2v) is 4.26. The lowest BCUT2D eigenvalue weighted by Crippen LogP contribution is -2.48. The number of aromatic amines is 1. The van der Waals surface area contributed by atoms with Crippen molar-refractivity contribution in [3.05, 3.63) is 22.2 Å². The van der Waals surface area contributed by atoms with Crippen molar-refractivity contribution in [1.29, 1.82) is 0 Å². The van der Waals surface area contributed by atoms with Gasteiger partial charge in [-0.25, -0.2) is 4.98 Å². The van der Waals surface area contributed by atoms with Crippen LogP contribution in [0.3, 0.4) is 0 Å². The number of H-pyrrole nitrogens is 1. The molecule has 0 spiro atoms. The molecule has 0 amide bonds. The zero-order chi connectivity index (χ0) is 11.6. The molecule has 0 bridgehead atoms. The van der Waals surface area contributed by atoms with Gasteiger partial charge in [0.1, 0.15) is 11.6 Å². The molecule has 0 aliphatic heterocycles. The maximum Gasteiger partial charge on any atom is 0.252 e. The molecule has 0 aromatic carbocycles. The third-order valence-electron chi connectivity index (χ3n) is 2.60.